The predicted molar refractivity (Wildman–Crippen MR) is 103 cm³/mol. The van der Waals surface area contributed by atoms with Crippen LogP contribution < -0.4 is 10.1 Å². The standard InChI is InChI=1S/C21H23N3O3/c1-27-19-7-4-16(5-8-19)6-9-20(25)24-13-10-18(11-14-24)23-21(26)17-3-2-12-22-15-17/h2-9,12,15,18H,10-11,13-14H2,1H3,(H,23,26)/b9-6+. The predicted octanol–water partition coefficient (Wildman–Crippen LogP) is 2.52. The SMILES string of the molecule is COc1ccc(/C=C/C(=O)N2CCC(NC(=O)c3cccnc3)CC2)cc1. The molecule has 1 N–H and O–H groups in total. The molecule has 3 rings (SSSR count). The van der Waals surface area contributed by atoms with Crippen molar-refractivity contribution in [1.29, 1.82) is 0 Å². The minimum Gasteiger partial charge on any atom is -0.497 e. The fraction of sp³-hybridized carbons (Fsp3) is 0.286. The van der Waals surface area contributed by atoms with E-state index >= 15 is 0 Å². The Morgan fingerprint density at radius 2 is 1.93 bits per heavy atom. The number of methoxy groups -OCH3 is 1. The zero-order valence-corrected chi connectivity index (χ0v) is 15.3. The summed E-state index contributed by atoms with van der Waals surface area (Å²) in [5.41, 5.74) is 1.50. The van der Waals surface area contributed by atoms with Gasteiger partial charge in [0.05, 0.1) is 12.7 Å². The van der Waals surface area contributed by atoms with Crippen molar-refractivity contribution in [3.05, 3.63) is 66.0 Å². The van der Waals surface area contributed by atoms with Gasteiger partial charge < -0.3 is 15.0 Å². The molecular formula is C21H23N3O3. The summed E-state index contributed by atoms with van der Waals surface area (Å²) in [6.07, 6.45) is 8.08. The van der Waals surface area contributed by atoms with Crippen LogP contribution in [0.5, 0.6) is 5.75 Å². The Labute approximate surface area is 158 Å². The van der Waals surface area contributed by atoms with Crippen molar-refractivity contribution in [3.8, 4) is 5.75 Å². The van der Waals surface area contributed by atoms with E-state index in [1.54, 1.807) is 43.8 Å². The summed E-state index contributed by atoms with van der Waals surface area (Å²) >= 11 is 0. The highest BCUT2D eigenvalue weighted by molar-refractivity contribution is 5.94. The third-order valence-corrected chi connectivity index (χ3v) is 4.60. The monoisotopic (exact) mass is 365 g/mol. The molecule has 1 saturated heterocycles. The maximum Gasteiger partial charge on any atom is 0.253 e. The van der Waals surface area contributed by atoms with Crippen molar-refractivity contribution < 1.29 is 14.3 Å². The van der Waals surface area contributed by atoms with Crippen molar-refractivity contribution in [2.75, 3.05) is 20.2 Å². The first-order valence-corrected chi connectivity index (χ1v) is 8.97. The lowest BCUT2D eigenvalue weighted by Crippen LogP contribution is -2.46. The molecule has 0 saturated carbocycles. The first-order valence-electron chi connectivity index (χ1n) is 8.97. The number of aromatic nitrogens is 1. The topological polar surface area (TPSA) is 71.5 Å². The van der Waals surface area contributed by atoms with Crippen LogP contribution >= 0.6 is 0 Å². The molecule has 2 aromatic rings. The molecule has 140 valence electrons. The second-order valence-electron chi connectivity index (χ2n) is 6.42. The Hall–Kier alpha value is -3.15. The molecule has 2 amide bonds. The molecule has 0 atom stereocenters. The van der Waals surface area contributed by atoms with Gasteiger partial charge in [-0.1, -0.05) is 12.1 Å². The summed E-state index contributed by atoms with van der Waals surface area (Å²) in [7, 11) is 1.62. The summed E-state index contributed by atoms with van der Waals surface area (Å²) in [5.74, 6) is 0.656. The number of amides is 2. The summed E-state index contributed by atoms with van der Waals surface area (Å²) in [5, 5.41) is 3.02. The van der Waals surface area contributed by atoms with Crippen LogP contribution in [0.2, 0.25) is 0 Å². The number of nitrogens with one attached hydrogen (secondary N) is 1. The number of pyridine rings is 1. The molecule has 0 spiro atoms. The summed E-state index contributed by atoms with van der Waals surface area (Å²) < 4.78 is 5.12. The quantitative estimate of drug-likeness (QED) is 0.827. The number of carbonyl (C=O) groups is 2. The molecular weight excluding hydrogens is 342 g/mol. The maximum absolute atomic E-state index is 12.4. The molecule has 1 aromatic carbocycles. The zero-order valence-electron chi connectivity index (χ0n) is 15.3. The average Bonchev–Trinajstić information content (AvgIpc) is 2.73. The molecule has 6 heteroatoms. The lowest BCUT2D eigenvalue weighted by Gasteiger charge is -2.31. The van der Waals surface area contributed by atoms with Crippen LogP contribution in [0, 0.1) is 0 Å². The van der Waals surface area contributed by atoms with E-state index in [-0.39, 0.29) is 17.9 Å². The molecule has 0 aliphatic carbocycles. The number of hydrogen-bond donors (Lipinski definition) is 1. The largest absolute Gasteiger partial charge is 0.497 e. The van der Waals surface area contributed by atoms with Crippen molar-refractivity contribution in [3.63, 3.8) is 0 Å². The van der Waals surface area contributed by atoms with Crippen molar-refractivity contribution >= 4 is 17.9 Å². The lowest BCUT2D eigenvalue weighted by atomic mass is 10.0. The minimum absolute atomic E-state index is 0.0112. The summed E-state index contributed by atoms with van der Waals surface area (Å²) in [4.78, 5) is 30.3. The first kappa shape index (κ1) is 18.6. The van der Waals surface area contributed by atoms with Gasteiger partial charge in [0.1, 0.15) is 5.75 Å². The molecule has 6 nitrogen and oxygen atoms in total. The van der Waals surface area contributed by atoms with Crippen molar-refractivity contribution in [2.24, 2.45) is 0 Å². The highest BCUT2D eigenvalue weighted by atomic mass is 16.5. The molecule has 1 aliphatic heterocycles. The molecule has 1 aliphatic rings. The number of likely N-dealkylation sites (tertiary alicyclic amines) is 1. The van der Waals surface area contributed by atoms with Gasteiger partial charge in [-0.05, 0) is 48.7 Å². The number of ether oxygens (including phenoxy) is 1. The summed E-state index contributed by atoms with van der Waals surface area (Å²) in [6.45, 7) is 1.26. The van der Waals surface area contributed by atoms with Gasteiger partial charge in [-0.3, -0.25) is 14.6 Å². The van der Waals surface area contributed by atoms with Gasteiger partial charge >= 0.3 is 0 Å². The van der Waals surface area contributed by atoms with Crippen LogP contribution in [-0.4, -0.2) is 47.9 Å². The van der Waals surface area contributed by atoms with E-state index in [0.29, 0.717) is 18.7 Å². The minimum atomic E-state index is -0.118. The number of rotatable bonds is 5. The highest BCUT2D eigenvalue weighted by Gasteiger charge is 2.23. The Bertz CT molecular complexity index is 795. The van der Waals surface area contributed by atoms with E-state index in [1.807, 2.05) is 29.2 Å². The fourth-order valence-electron chi connectivity index (χ4n) is 3.00. The second-order valence-corrected chi connectivity index (χ2v) is 6.42. The third-order valence-electron chi connectivity index (χ3n) is 4.60. The smallest absolute Gasteiger partial charge is 0.253 e. The maximum atomic E-state index is 12.4. The number of carbonyl (C=O) groups excluding carboxylic acids is 2. The van der Waals surface area contributed by atoms with Crippen LogP contribution in [0.15, 0.2) is 54.9 Å². The van der Waals surface area contributed by atoms with E-state index in [9.17, 15) is 9.59 Å². The molecule has 0 unspecified atom stereocenters. The second kappa shape index (κ2) is 8.98. The van der Waals surface area contributed by atoms with E-state index in [1.165, 1.54) is 0 Å². The van der Waals surface area contributed by atoms with E-state index in [2.05, 4.69) is 10.3 Å². The van der Waals surface area contributed by atoms with Gasteiger partial charge in [-0.15, -0.1) is 0 Å². The lowest BCUT2D eigenvalue weighted by molar-refractivity contribution is -0.126. The van der Waals surface area contributed by atoms with Crippen LogP contribution in [-0.2, 0) is 4.79 Å². The Morgan fingerprint density at radius 1 is 1.19 bits per heavy atom. The van der Waals surface area contributed by atoms with Gasteiger partial charge in [0.15, 0.2) is 0 Å². The van der Waals surface area contributed by atoms with Crippen LogP contribution in [0.1, 0.15) is 28.8 Å². The number of piperidine rings is 1. The number of benzene rings is 1. The third kappa shape index (κ3) is 5.17. The Kier molecular flexibility index (Phi) is 6.20. The fourth-order valence-corrected chi connectivity index (χ4v) is 3.00. The van der Waals surface area contributed by atoms with Gasteiger partial charge in [0, 0.05) is 37.6 Å². The Morgan fingerprint density at radius 3 is 2.56 bits per heavy atom. The van der Waals surface area contributed by atoms with Gasteiger partial charge in [0.25, 0.3) is 5.91 Å². The zero-order chi connectivity index (χ0) is 19.1. The van der Waals surface area contributed by atoms with E-state index < -0.39 is 0 Å². The molecule has 2 heterocycles. The molecule has 1 aromatic heterocycles. The molecule has 27 heavy (non-hydrogen) atoms. The summed E-state index contributed by atoms with van der Waals surface area (Å²) in [6, 6.07) is 11.1. The van der Waals surface area contributed by atoms with Gasteiger partial charge in [-0.25, -0.2) is 0 Å². The first-order chi connectivity index (χ1) is 13.2. The van der Waals surface area contributed by atoms with Crippen LogP contribution in [0.4, 0.5) is 0 Å². The van der Waals surface area contributed by atoms with Crippen LogP contribution in [0.25, 0.3) is 6.08 Å². The normalized spacial score (nSPS) is 14.9. The van der Waals surface area contributed by atoms with Crippen molar-refractivity contribution in [1.82, 2.24) is 15.2 Å². The molecule has 0 radical (unpaired) electrons. The van der Waals surface area contributed by atoms with E-state index in [4.69, 9.17) is 4.74 Å². The number of nitrogens with zero attached hydrogens (tertiary/aromatic N) is 2. The van der Waals surface area contributed by atoms with Gasteiger partial charge in [0.2, 0.25) is 5.91 Å². The van der Waals surface area contributed by atoms with Gasteiger partial charge in [-0.2, -0.15) is 0 Å². The average molecular weight is 365 g/mol. The van der Waals surface area contributed by atoms with Crippen LogP contribution in [0.3, 0.4) is 0 Å². The number of hydrogen-bond acceptors (Lipinski definition) is 4. The molecule has 0 bridgehead atoms. The highest BCUT2D eigenvalue weighted by Crippen LogP contribution is 2.14. The molecule has 1 fully saturated rings. The van der Waals surface area contributed by atoms with E-state index in [0.717, 1.165) is 24.2 Å². The van der Waals surface area contributed by atoms with Crippen molar-refractivity contribution in [2.45, 2.75) is 18.9 Å². The Balaban J connectivity index is 1.47.